The summed E-state index contributed by atoms with van der Waals surface area (Å²) in [7, 11) is 0. The molecule has 0 saturated heterocycles. The zero-order chi connectivity index (χ0) is 27.5. The number of ether oxygens (including phenoxy) is 3. The molecule has 196 valence electrons. The molecule has 0 heterocycles. The van der Waals surface area contributed by atoms with Gasteiger partial charge in [-0.3, -0.25) is 9.59 Å². The van der Waals surface area contributed by atoms with Crippen molar-refractivity contribution in [3.8, 4) is 23.3 Å². The molecule has 0 fully saturated rings. The average Bonchev–Trinajstić information content (AvgIpc) is 2.90. The molecular weight excluding hydrogens is 482 g/mol. The van der Waals surface area contributed by atoms with E-state index in [9.17, 15) is 14.9 Å². The molecule has 3 rings (SSSR count). The predicted molar refractivity (Wildman–Crippen MR) is 147 cm³/mol. The summed E-state index contributed by atoms with van der Waals surface area (Å²) in [5.41, 5.74) is 3.75. The fourth-order valence-corrected chi connectivity index (χ4v) is 3.52. The van der Waals surface area contributed by atoms with Crippen LogP contribution in [-0.4, -0.2) is 31.6 Å². The molecule has 0 aliphatic carbocycles. The Morgan fingerprint density at radius 1 is 0.868 bits per heavy atom. The number of nitrogens with zero attached hydrogens (tertiary/aromatic N) is 1. The Bertz CT molecular complexity index is 1360. The number of carbonyl (C=O) groups is 2. The lowest BCUT2D eigenvalue weighted by Crippen LogP contribution is -2.21. The Kier molecular flexibility index (Phi) is 9.89. The van der Waals surface area contributed by atoms with E-state index in [-0.39, 0.29) is 18.1 Å². The van der Waals surface area contributed by atoms with Gasteiger partial charge in [0.15, 0.2) is 18.1 Å². The van der Waals surface area contributed by atoms with Crippen molar-refractivity contribution in [3.05, 3.63) is 82.9 Å². The van der Waals surface area contributed by atoms with Gasteiger partial charge in [0.25, 0.3) is 11.8 Å². The van der Waals surface area contributed by atoms with E-state index in [0.29, 0.717) is 41.7 Å². The van der Waals surface area contributed by atoms with E-state index in [4.69, 9.17) is 14.2 Å². The van der Waals surface area contributed by atoms with E-state index in [1.807, 2.05) is 52.0 Å². The molecule has 0 unspecified atom stereocenters. The van der Waals surface area contributed by atoms with Gasteiger partial charge in [0, 0.05) is 11.4 Å². The fraction of sp³-hybridized carbons (Fsp3) is 0.233. The van der Waals surface area contributed by atoms with Crippen molar-refractivity contribution >= 4 is 29.3 Å². The molecule has 0 aliphatic heterocycles. The molecule has 38 heavy (non-hydrogen) atoms. The smallest absolute Gasteiger partial charge is 0.266 e. The zero-order valence-electron chi connectivity index (χ0n) is 22.0. The van der Waals surface area contributed by atoms with Crippen LogP contribution in [0.25, 0.3) is 6.08 Å². The van der Waals surface area contributed by atoms with Gasteiger partial charge in [-0.15, -0.1) is 0 Å². The summed E-state index contributed by atoms with van der Waals surface area (Å²) >= 11 is 0. The predicted octanol–water partition coefficient (Wildman–Crippen LogP) is 5.66. The molecule has 0 saturated carbocycles. The Labute approximate surface area is 222 Å². The number of nitriles is 1. The van der Waals surface area contributed by atoms with Gasteiger partial charge in [0.05, 0.1) is 13.2 Å². The van der Waals surface area contributed by atoms with Gasteiger partial charge in [-0.2, -0.15) is 5.26 Å². The van der Waals surface area contributed by atoms with Gasteiger partial charge in [-0.1, -0.05) is 18.2 Å². The van der Waals surface area contributed by atoms with Gasteiger partial charge in [-0.05, 0) is 92.9 Å². The summed E-state index contributed by atoms with van der Waals surface area (Å²) in [4.78, 5) is 25.1. The van der Waals surface area contributed by atoms with E-state index in [2.05, 4.69) is 10.6 Å². The quantitative estimate of drug-likeness (QED) is 0.253. The summed E-state index contributed by atoms with van der Waals surface area (Å²) in [5, 5.41) is 15.1. The molecule has 3 aromatic rings. The van der Waals surface area contributed by atoms with Crippen LogP contribution in [0.5, 0.6) is 17.2 Å². The number of rotatable bonds is 11. The number of hydrogen-bond donors (Lipinski definition) is 2. The van der Waals surface area contributed by atoms with Crippen molar-refractivity contribution < 1.29 is 23.8 Å². The second-order valence-corrected chi connectivity index (χ2v) is 8.38. The van der Waals surface area contributed by atoms with Crippen LogP contribution in [0.1, 0.15) is 30.5 Å². The minimum atomic E-state index is -0.543. The first-order valence-corrected chi connectivity index (χ1v) is 12.3. The largest absolute Gasteiger partial charge is 0.494 e. The number of aryl methyl sites for hydroxylation is 2. The Morgan fingerprint density at radius 3 is 2.29 bits per heavy atom. The highest BCUT2D eigenvalue weighted by molar-refractivity contribution is 6.09. The minimum absolute atomic E-state index is 0.0806. The number of anilines is 2. The lowest BCUT2D eigenvalue weighted by molar-refractivity contribution is -0.118. The highest BCUT2D eigenvalue weighted by Crippen LogP contribution is 2.30. The highest BCUT2D eigenvalue weighted by atomic mass is 16.5. The third kappa shape index (κ3) is 7.87. The number of carbonyl (C=O) groups excluding carboxylic acids is 2. The van der Waals surface area contributed by atoms with Gasteiger partial charge in [-0.25, -0.2) is 0 Å². The van der Waals surface area contributed by atoms with E-state index in [0.717, 1.165) is 16.8 Å². The second-order valence-electron chi connectivity index (χ2n) is 8.38. The van der Waals surface area contributed by atoms with Crippen molar-refractivity contribution in [1.82, 2.24) is 0 Å². The topological polar surface area (TPSA) is 110 Å². The maximum Gasteiger partial charge on any atom is 0.266 e. The van der Waals surface area contributed by atoms with Crippen LogP contribution in [0.3, 0.4) is 0 Å². The van der Waals surface area contributed by atoms with Crippen LogP contribution < -0.4 is 24.8 Å². The van der Waals surface area contributed by atoms with Crippen molar-refractivity contribution in [2.24, 2.45) is 0 Å². The van der Waals surface area contributed by atoms with Crippen LogP contribution in [0.2, 0.25) is 0 Å². The first-order valence-electron chi connectivity index (χ1n) is 12.3. The summed E-state index contributed by atoms with van der Waals surface area (Å²) in [5.74, 6) is 0.610. The SMILES string of the molecule is CCOc1ccc(NC(=O)/C(C#N)=C/c2ccc(OCC(=O)Nc3cc(C)ccc3C)c(OCC)c2)cc1. The lowest BCUT2D eigenvalue weighted by atomic mass is 10.1. The number of amides is 2. The third-order valence-electron chi connectivity index (χ3n) is 5.39. The van der Waals surface area contributed by atoms with Gasteiger partial charge in [0.2, 0.25) is 0 Å². The van der Waals surface area contributed by atoms with Crippen molar-refractivity contribution in [1.29, 1.82) is 5.26 Å². The van der Waals surface area contributed by atoms with Gasteiger partial charge >= 0.3 is 0 Å². The average molecular weight is 514 g/mol. The molecule has 8 heteroatoms. The molecule has 0 atom stereocenters. The normalized spacial score (nSPS) is 10.8. The number of hydrogen-bond acceptors (Lipinski definition) is 6. The molecule has 0 radical (unpaired) electrons. The van der Waals surface area contributed by atoms with Crippen LogP contribution in [0.4, 0.5) is 11.4 Å². The molecule has 0 aromatic heterocycles. The maximum absolute atomic E-state index is 12.7. The second kappa shape index (κ2) is 13.5. The van der Waals surface area contributed by atoms with E-state index >= 15 is 0 Å². The fourth-order valence-electron chi connectivity index (χ4n) is 3.52. The van der Waals surface area contributed by atoms with Crippen LogP contribution in [0.15, 0.2) is 66.2 Å². The minimum Gasteiger partial charge on any atom is -0.494 e. The monoisotopic (exact) mass is 513 g/mol. The standard InChI is InChI=1S/C30H31N3O5/c1-5-36-25-12-10-24(11-13-25)32-30(35)23(18-31)16-22-9-14-27(28(17-22)37-6-2)38-19-29(34)33-26-15-20(3)7-8-21(26)4/h7-17H,5-6,19H2,1-4H3,(H,32,35)(H,33,34)/b23-16+. The zero-order valence-corrected chi connectivity index (χ0v) is 22.0. The highest BCUT2D eigenvalue weighted by Gasteiger charge is 2.13. The third-order valence-corrected chi connectivity index (χ3v) is 5.39. The number of nitrogens with one attached hydrogen (secondary N) is 2. The molecule has 0 spiro atoms. The van der Waals surface area contributed by atoms with Gasteiger partial charge in [0.1, 0.15) is 17.4 Å². The molecule has 2 amide bonds. The van der Waals surface area contributed by atoms with Crippen LogP contribution >= 0.6 is 0 Å². The molecular formula is C30H31N3O5. The van der Waals surface area contributed by atoms with Crippen LogP contribution in [0, 0.1) is 25.2 Å². The van der Waals surface area contributed by atoms with Crippen LogP contribution in [-0.2, 0) is 9.59 Å². The van der Waals surface area contributed by atoms with Crippen molar-refractivity contribution in [3.63, 3.8) is 0 Å². The molecule has 0 aliphatic rings. The molecule has 8 nitrogen and oxygen atoms in total. The summed E-state index contributed by atoms with van der Waals surface area (Å²) in [6.45, 7) is 8.28. The maximum atomic E-state index is 12.7. The number of benzene rings is 3. The Morgan fingerprint density at radius 2 is 1.61 bits per heavy atom. The Hall–Kier alpha value is -4.77. The summed E-state index contributed by atoms with van der Waals surface area (Å²) in [6, 6.07) is 19.6. The summed E-state index contributed by atoms with van der Waals surface area (Å²) in [6.07, 6.45) is 1.46. The van der Waals surface area contributed by atoms with E-state index in [1.54, 1.807) is 42.5 Å². The molecule has 0 bridgehead atoms. The van der Waals surface area contributed by atoms with Crippen molar-refractivity contribution in [2.45, 2.75) is 27.7 Å². The summed E-state index contributed by atoms with van der Waals surface area (Å²) < 4.78 is 16.8. The lowest BCUT2D eigenvalue weighted by Gasteiger charge is -2.14. The van der Waals surface area contributed by atoms with E-state index in [1.165, 1.54) is 6.08 Å². The Balaban J connectivity index is 1.69. The first-order chi connectivity index (χ1) is 18.3. The van der Waals surface area contributed by atoms with Crippen molar-refractivity contribution in [2.75, 3.05) is 30.5 Å². The molecule has 3 aromatic carbocycles. The first kappa shape index (κ1) is 27.8. The van der Waals surface area contributed by atoms with Gasteiger partial charge < -0.3 is 24.8 Å². The van der Waals surface area contributed by atoms with E-state index < -0.39 is 5.91 Å². The molecule has 2 N–H and O–H groups in total.